The number of amides is 2. The van der Waals surface area contributed by atoms with Crippen molar-refractivity contribution in [1.29, 1.82) is 0 Å². The molecule has 2 atom stereocenters. The number of benzene rings is 2. The van der Waals surface area contributed by atoms with Crippen molar-refractivity contribution in [3.63, 3.8) is 0 Å². The zero-order valence-corrected chi connectivity index (χ0v) is 13.4. The quantitative estimate of drug-likeness (QED) is 0.774. The fourth-order valence-electron chi connectivity index (χ4n) is 2.98. The topological polar surface area (TPSA) is 65.3 Å². The van der Waals surface area contributed by atoms with E-state index in [1.54, 1.807) is 13.0 Å². The number of carbonyl (C=O) groups excluding carboxylic acids is 2. The van der Waals surface area contributed by atoms with Crippen LogP contribution in [0.2, 0.25) is 0 Å². The summed E-state index contributed by atoms with van der Waals surface area (Å²) in [6, 6.07) is 4.75. The number of carbonyl (C=O) groups is 2. The molecule has 0 saturated carbocycles. The summed E-state index contributed by atoms with van der Waals surface area (Å²) in [5, 5.41) is 8.77. The lowest BCUT2D eigenvalue weighted by Crippen LogP contribution is -2.40. The van der Waals surface area contributed by atoms with E-state index in [0.29, 0.717) is 5.56 Å². The van der Waals surface area contributed by atoms with E-state index in [2.05, 4.69) is 10.3 Å². The van der Waals surface area contributed by atoms with Crippen LogP contribution in [0.5, 0.6) is 0 Å². The molecular formula is C17H11F3N4O2. The molecule has 2 aromatic rings. The Balaban J connectivity index is 1.71. The van der Waals surface area contributed by atoms with Gasteiger partial charge in [0.25, 0.3) is 11.8 Å². The molecule has 2 aliphatic rings. The third-order valence-corrected chi connectivity index (χ3v) is 4.36. The van der Waals surface area contributed by atoms with Gasteiger partial charge in [-0.15, -0.1) is 0 Å². The van der Waals surface area contributed by atoms with Crippen LogP contribution in [0, 0.1) is 24.4 Å². The Kier molecular flexibility index (Phi) is 3.53. The van der Waals surface area contributed by atoms with Crippen LogP contribution in [0.4, 0.5) is 24.5 Å². The van der Waals surface area contributed by atoms with Crippen LogP contribution in [-0.2, 0) is 9.59 Å². The summed E-state index contributed by atoms with van der Waals surface area (Å²) in [7, 11) is 0. The van der Waals surface area contributed by atoms with Crippen LogP contribution in [0.3, 0.4) is 0 Å². The summed E-state index contributed by atoms with van der Waals surface area (Å²) in [6.07, 6.45) is 0. The highest BCUT2D eigenvalue weighted by Gasteiger charge is 2.55. The first-order valence-electron chi connectivity index (χ1n) is 7.67. The van der Waals surface area contributed by atoms with Gasteiger partial charge in [-0.3, -0.25) is 9.59 Å². The largest absolute Gasteiger partial charge is 0.271 e. The molecular weight excluding hydrogens is 349 g/mol. The summed E-state index contributed by atoms with van der Waals surface area (Å²) in [6.45, 7) is 1.59. The Hall–Kier alpha value is -3.23. The Labute approximate surface area is 145 Å². The van der Waals surface area contributed by atoms with Crippen LogP contribution in [0.25, 0.3) is 0 Å². The second-order valence-corrected chi connectivity index (χ2v) is 5.98. The van der Waals surface area contributed by atoms with Gasteiger partial charge >= 0.3 is 0 Å². The number of aryl methyl sites for hydroxylation is 1. The van der Waals surface area contributed by atoms with E-state index in [4.69, 9.17) is 0 Å². The van der Waals surface area contributed by atoms with E-state index in [0.717, 1.165) is 28.1 Å². The van der Waals surface area contributed by atoms with Crippen LogP contribution in [-0.4, -0.2) is 23.9 Å². The smallest absolute Gasteiger partial charge is 0.263 e. The van der Waals surface area contributed by atoms with Crippen LogP contribution in [0.1, 0.15) is 5.56 Å². The van der Waals surface area contributed by atoms with E-state index in [9.17, 15) is 22.8 Å². The molecule has 0 spiro atoms. The Morgan fingerprint density at radius 3 is 2.27 bits per heavy atom. The number of rotatable bonds is 2. The SMILES string of the molecule is Cc1ccc(N2N=NC3C(=O)N(c4ccc(F)c(F)c4)C(=O)C32)cc1F. The Morgan fingerprint density at radius 2 is 1.58 bits per heavy atom. The van der Waals surface area contributed by atoms with E-state index in [-0.39, 0.29) is 11.4 Å². The highest BCUT2D eigenvalue weighted by molar-refractivity contribution is 6.26. The van der Waals surface area contributed by atoms with Crippen LogP contribution < -0.4 is 9.91 Å². The molecule has 0 aliphatic carbocycles. The van der Waals surface area contributed by atoms with Crippen molar-refractivity contribution in [3.8, 4) is 0 Å². The molecule has 2 aliphatic heterocycles. The van der Waals surface area contributed by atoms with Crippen molar-refractivity contribution >= 4 is 23.2 Å². The molecule has 0 N–H and O–H groups in total. The summed E-state index contributed by atoms with van der Waals surface area (Å²) in [5.41, 5.74) is 0.579. The van der Waals surface area contributed by atoms with E-state index >= 15 is 0 Å². The molecule has 26 heavy (non-hydrogen) atoms. The maximum Gasteiger partial charge on any atom is 0.263 e. The fourth-order valence-corrected chi connectivity index (χ4v) is 2.98. The second-order valence-electron chi connectivity index (χ2n) is 5.98. The molecule has 0 radical (unpaired) electrons. The molecule has 132 valence electrons. The Morgan fingerprint density at radius 1 is 0.885 bits per heavy atom. The van der Waals surface area contributed by atoms with Crippen molar-refractivity contribution in [1.82, 2.24) is 0 Å². The molecule has 9 heteroatoms. The summed E-state index contributed by atoms with van der Waals surface area (Å²) in [4.78, 5) is 26.0. The number of imide groups is 1. The van der Waals surface area contributed by atoms with Gasteiger partial charge in [0.05, 0.1) is 11.4 Å². The molecule has 0 aromatic heterocycles. The van der Waals surface area contributed by atoms with Gasteiger partial charge in [-0.2, -0.15) is 5.11 Å². The zero-order chi connectivity index (χ0) is 18.6. The molecule has 4 rings (SSSR count). The van der Waals surface area contributed by atoms with Gasteiger partial charge in [-0.25, -0.2) is 23.1 Å². The van der Waals surface area contributed by atoms with Gasteiger partial charge < -0.3 is 0 Å². The minimum absolute atomic E-state index is 0.0986. The highest BCUT2D eigenvalue weighted by atomic mass is 19.2. The number of hydrogen-bond donors (Lipinski definition) is 0. The molecule has 2 unspecified atom stereocenters. The van der Waals surface area contributed by atoms with Gasteiger partial charge in [0.2, 0.25) is 0 Å². The van der Waals surface area contributed by atoms with Crippen LogP contribution >= 0.6 is 0 Å². The third kappa shape index (κ3) is 2.27. The average molecular weight is 360 g/mol. The molecule has 2 amide bonds. The first kappa shape index (κ1) is 16.2. The van der Waals surface area contributed by atoms with Crippen molar-refractivity contribution in [2.45, 2.75) is 19.0 Å². The maximum atomic E-state index is 13.8. The normalized spacial score (nSPS) is 21.7. The first-order chi connectivity index (χ1) is 12.4. The monoisotopic (exact) mass is 360 g/mol. The van der Waals surface area contributed by atoms with E-state index in [1.807, 2.05) is 0 Å². The third-order valence-electron chi connectivity index (χ3n) is 4.36. The van der Waals surface area contributed by atoms with Crippen molar-refractivity contribution < 1.29 is 22.8 Å². The predicted octanol–water partition coefficient (Wildman–Crippen LogP) is 2.91. The van der Waals surface area contributed by atoms with Gasteiger partial charge in [0, 0.05) is 6.07 Å². The number of anilines is 2. The predicted molar refractivity (Wildman–Crippen MR) is 84.9 cm³/mol. The molecule has 1 fully saturated rings. The van der Waals surface area contributed by atoms with Gasteiger partial charge in [0.1, 0.15) is 5.82 Å². The van der Waals surface area contributed by atoms with Gasteiger partial charge in [-0.05, 0) is 36.8 Å². The second kappa shape index (κ2) is 5.65. The minimum Gasteiger partial charge on any atom is -0.271 e. The van der Waals surface area contributed by atoms with Crippen molar-refractivity contribution in [3.05, 3.63) is 59.4 Å². The van der Waals surface area contributed by atoms with E-state index in [1.165, 1.54) is 12.1 Å². The minimum atomic E-state index is -1.18. The fraction of sp³-hybridized carbons (Fsp3) is 0.176. The summed E-state index contributed by atoms with van der Waals surface area (Å²) >= 11 is 0. The highest BCUT2D eigenvalue weighted by Crippen LogP contribution is 2.35. The lowest BCUT2D eigenvalue weighted by molar-refractivity contribution is -0.121. The lowest BCUT2D eigenvalue weighted by Gasteiger charge is -2.21. The van der Waals surface area contributed by atoms with Crippen molar-refractivity contribution in [2.24, 2.45) is 10.3 Å². The number of halogens is 3. The standard InChI is InChI=1S/C17H11F3N4O2/c1-8-2-3-10(7-12(8)19)24-15-14(21-22-24)16(25)23(17(15)26)9-4-5-11(18)13(20)6-9/h2-7,14-15H,1H3. The van der Waals surface area contributed by atoms with Crippen LogP contribution in [0.15, 0.2) is 46.7 Å². The number of fused-ring (bicyclic) bond motifs is 1. The summed E-state index contributed by atoms with van der Waals surface area (Å²) in [5.74, 6) is -4.17. The zero-order valence-electron chi connectivity index (χ0n) is 13.4. The average Bonchev–Trinajstić information content (AvgIpc) is 3.14. The molecule has 6 nitrogen and oxygen atoms in total. The van der Waals surface area contributed by atoms with E-state index < -0.39 is 41.3 Å². The first-order valence-corrected chi connectivity index (χ1v) is 7.67. The molecule has 0 bridgehead atoms. The number of nitrogens with zero attached hydrogens (tertiary/aromatic N) is 4. The van der Waals surface area contributed by atoms with Gasteiger partial charge in [-0.1, -0.05) is 11.3 Å². The molecule has 2 heterocycles. The molecule has 2 aromatic carbocycles. The maximum absolute atomic E-state index is 13.8. The molecule has 1 saturated heterocycles. The number of hydrogen-bond acceptors (Lipinski definition) is 5. The summed E-state index contributed by atoms with van der Waals surface area (Å²) < 4.78 is 40.4. The van der Waals surface area contributed by atoms with Crippen molar-refractivity contribution in [2.75, 3.05) is 9.91 Å². The Bertz CT molecular complexity index is 978. The van der Waals surface area contributed by atoms with Gasteiger partial charge in [0.15, 0.2) is 23.7 Å². The lowest BCUT2D eigenvalue weighted by atomic mass is 10.1.